The van der Waals surface area contributed by atoms with Gasteiger partial charge in [-0.05, 0) is 97.4 Å². The second-order valence-corrected chi connectivity index (χ2v) is 11.2. The van der Waals surface area contributed by atoms with Crippen molar-refractivity contribution in [2.45, 2.75) is 109 Å². The van der Waals surface area contributed by atoms with Gasteiger partial charge in [-0.15, -0.1) is 0 Å². The summed E-state index contributed by atoms with van der Waals surface area (Å²) < 4.78 is 5.46. The van der Waals surface area contributed by atoms with Crippen LogP contribution in [0, 0.1) is 5.41 Å². The molecule has 5 rings (SSSR count). The molecule has 0 amide bonds. The van der Waals surface area contributed by atoms with Crippen molar-refractivity contribution in [3.05, 3.63) is 66.2 Å². The number of fused-ring (bicyclic) bond motifs is 3. The summed E-state index contributed by atoms with van der Waals surface area (Å²) in [4.78, 5) is 12.0. The van der Waals surface area contributed by atoms with Crippen LogP contribution in [0.4, 0.5) is 0 Å². The summed E-state index contributed by atoms with van der Waals surface area (Å²) in [5.74, 6) is 0.298. The molecule has 35 heavy (non-hydrogen) atoms. The minimum Gasteiger partial charge on any atom is -0.423 e. The number of carbonyl (C=O) groups is 1. The van der Waals surface area contributed by atoms with E-state index in [2.05, 4.69) is 38.1 Å². The van der Waals surface area contributed by atoms with Crippen LogP contribution in [0.3, 0.4) is 0 Å². The fourth-order valence-corrected chi connectivity index (χ4v) is 6.39. The Morgan fingerprint density at radius 2 is 1.34 bits per heavy atom. The molecule has 0 saturated heterocycles. The van der Waals surface area contributed by atoms with Gasteiger partial charge in [0, 0.05) is 6.08 Å². The Balaban J connectivity index is 1.32. The van der Waals surface area contributed by atoms with Gasteiger partial charge in [-0.1, -0.05) is 88.4 Å². The lowest BCUT2D eigenvalue weighted by molar-refractivity contribution is -0.129. The van der Waals surface area contributed by atoms with E-state index in [4.69, 9.17) is 4.74 Å². The molecule has 2 aromatic rings. The van der Waals surface area contributed by atoms with Crippen molar-refractivity contribution in [1.29, 1.82) is 0 Å². The molecule has 3 fully saturated rings. The number of esters is 1. The Hall–Kier alpha value is -2.35. The number of hydrogen-bond acceptors (Lipinski definition) is 2. The van der Waals surface area contributed by atoms with Crippen LogP contribution in [0.15, 0.2) is 60.7 Å². The molecule has 0 heterocycles. The Labute approximate surface area is 213 Å². The first-order chi connectivity index (χ1) is 17.1. The van der Waals surface area contributed by atoms with E-state index in [1.807, 2.05) is 30.3 Å². The maximum Gasteiger partial charge on any atom is 0.335 e. The van der Waals surface area contributed by atoms with Crippen LogP contribution >= 0.6 is 0 Å². The summed E-state index contributed by atoms with van der Waals surface area (Å²) >= 11 is 0. The molecular weight excluding hydrogens is 428 g/mol. The van der Waals surface area contributed by atoms with Crippen molar-refractivity contribution in [3.63, 3.8) is 0 Å². The molecule has 0 unspecified atom stereocenters. The van der Waals surface area contributed by atoms with Crippen LogP contribution in [-0.2, 0) is 10.2 Å². The van der Waals surface area contributed by atoms with Crippen molar-refractivity contribution in [2.75, 3.05) is 0 Å². The predicted molar refractivity (Wildman–Crippen MR) is 147 cm³/mol. The summed E-state index contributed by atoms with van der Waals surface area (Å²) in [6.07, 6.45) is 21.9. The number of carbonyl (C=O) groups excluding carboxylic acids is 1. The molecule has 188 valence electrons. The van der Waals surface area contributed by atoms with Gasteiger partial charge in [0.15, 0.2) is 0 Å². The first-order valence-electron chi connectivity index (χ1n) is 14.2. The number of hydrogen-bond donors (Lipinski definition) is 0. The van der Waals surface area contributed by atoms with E-state index in [1.54, 1.807) is 11.6 Å². The van der Waals surface area contributed by atoms with Crippen LogP contribution in [0.5, 0.6) is 5.75 Å². The predicted octanol–water partition coefficient (Wildman–Crippen LogP) is 9.57. The minimum atomic E-state index is -0.299. The lowest BCUT2D eigenvalue weighted by Gasteiger charge is -2.54. The summed E-state index contributed by atoms with van der Waals surface area (Å²) in [7, 11) is 0. The zero-order chi connectivity index (χ0) is 24.6. The molecule has 2 aromatic carbocycles. The monoisotopic (exact) mass is 472 g/mol. The highest BCUT2D eigenvalue weighted by Crippen LogP contribution is 2.59. The standard InChI is InChI=1S/C33H44O2/c1-3-5-7-8-9-11-31(34)35-30-18-14-28(15-19-30)27-12-16-29(17-13-27)33-24-21-32(22-25-33,23-26-33)20-10-6-4-2/h9,11-19H,3-8,10,20-26H2,1-2H3. The van der Waals surface area contributed by atoms with Crippen LogP contribution in [0.2, 0.25) is 0 Å². The average molecular weight is 473 g/mol. The number of benzene rings is 2. The third-order valence-electron chi connectivity index (χ3n) is 8.84. The van der Waals surface area contributed by atoms with Gasteiger partial charge in [-0.3, -0.25) is 0 Å². The smallest absolute Gasteiger partial charge is 0.335 e. The van der Waals surface area contributed by atoms with E-state index < -0.39 is 0 Å². The summed E-state index contributed by atoms with van der Waals surface area (Å²) in [5, 5.41) is 0. The van der Waals surface area contributed by atoms with Gasteiger partial charge in [0.2, 0.25) is 0 Å². The third-order valence-corrected chi connectivity index (χ3v) is 8.84. The van der Waals surface area contributed by atoms with Crippen molar-refractivity contribution in [3.8, 4) is 16.9 Å². The number of rotatable bonds is 12. The molecule has 0 aromatic heterocycles. The summed E-state index contributed by atoms with van der Waals surface area (Å²) in [6.45, 7) is 4.49. The maximum absolute atomic E-state index is 12.0. The van der Waals surface area contributed by atoms with E-state index in [0.29, 0.717) is 16.6 Å². The van der Waals surface area contributed by atoms with Crippen molar-refractivity contribution in [1.82, 2.24) is 0 Å². The highest BCUT2D eigenvalue weighted by Gasteiger charge is 2.48. The maximum atomic E-state index is 12.0. The molecule has 3 saturated carbocycles. The van der Waals surface area contributed by atoms with Gasteiger partial charge >= 0.3 is 5.97 Å². The number of ether oxygens (including phenoxy) is 1. The highest BCUT2D eigenvalue weighted by atomic mass is 16.5. The van der Waals surface area contributed by atoms with Crippen molar-refractivity contribution < 1.29 is 9.53 Å². The highest BCUT2D eigenvalue weighted by molar-refractivity contribution is 5.84. The van der Waals surface area contributed by atoms with Gasteiger partial charge in [-0.25, -0.2) is 4.79 Å². The van der Waals surface area contributed by atoms with Crippen molar-refractivity contribution >= 4 is 5.97 Å². The second kappa shape index (κ2) is 12.1. The summed E-state index contributed by atoms with van der Waals surface area (Å²) in [6, 6.07) is 17.2. The lowest BCUT2D eigenvalue weighted by atomic mass is 9.51. The molecule has 0 aliphatic heterocycles. The lowest BCUT2D eigenvalue weighted by Crippen LogP contribution is -2.44. The van der Waals surface area contributed by atoms with E-state index in [-0.39, 0.29) is 5.97 Å². The molecule has 0 radical (unpaired) electrons. The van der Waals surface area contributed by atoms with Crippen molar-refractivity contribution in [2.24, 2.45) is 5.41 Å². The average Bonchev–Trinajstić information content (AvgIpc) is 2.90. The molecule has 2 bridgehead atoms. The first-order valence-corrected chi connectivity index (χ1v) is 14.2. The topological polar surface area (TPSA) is 26.3 Å². The molecule has 0 spiro atoms. The van der Waals surface area contributed by atoms with Crippen LogP contribution in [-0.4, -0.2) is 5.97 Å². The zero-order valence-electron chi connectivity index (χ0n) is 22.0. The molecule has 2 heteroatoms. The van der Waals surface area contributed by atoms with Crippen LogP contribution in [0.1, 0.15) is 109 Å². The van der Waals surface area contributed by atoms with Gasteiger partial charge in [0.25, 0.3) is 0 Å². The molecule has 3 aliphatic rings. The van der Waals surface area contributed by atoms with Gasteiger partial charge in [-0.2, -0.15) is 0 Å². The zero-order valence-corrected chi connectivity index (χ0v) is 22.0. The fourth-order valence-electron chi connectivity index (χ4n) is 6.39. The number of allylic oxidation sites excluding steroid dienone is 1. The fraction of sp³-hybridized carbons (Fsp3) is 0.545. The Bertz CT molecular complexity index is 943. The second-order valence-electron chi connectivity index (χ2n) is 11.2. The summed E-state index contributed by atoms with van der Waals surface area (Å²) in [5.41, 5.74) is 4.99. The van der Waals surface area contributed by atoms with E-state index in [9.17, 15) is 4.79 Å². The largest absolute Gasteiger partial charge is 0.423 e. The molecule has 0 N–H and O–H groups in total. The Morgan fingerprint density at radius 1 is 0.771 bits per heavy atom. The van der Waals surface area contributed by atoms with Gasteiger partial charge < -0.3 is 4.74 Å². The molecule has 2 nitrogen and oxygen atoms in total. The molecule has 0 atom stereocenters. The third kappa shape index (κ3) is 6.46. The molecule has 3 aliphatic carbocycles. The van der Waals surface area contributed by atoms with E-state index >= 15 is 0 Å². The van der Waals surface area contributed by atoms with Gasteiger partial charge in [0.05, 0.1) is 0 Å². The minimum absolute atomic E-state index is 0.299. The quantitative estimate of drug-likeness (QED) is 0.133. The first kappa shape index (κ1) is 25.7. The van der Waals surface area contributed by atoms with Crippen LogP contribution in [0.25, 0.3) is 11.1 Å². The Kier molecular flexibility index (Phi) is 8.87. The van der Waals surface area contributed by atoms with E-state index in [0.717, 1.165) is 18.4 Å². The SMILES string of the molecule is CCCCCC=CC(=O)Oc1ccc(-c2ccc(C34CCC(CCCCC)(CC3)CC4)cc2)cc1. The van der Waals surface area contributed by atoms with E-state index in [1.165, 1.54) is 82.6 Å². The van der Waals surface area contributed by atoms with Gasteiger partial charge in [0.1, 0.15) is 5.75 Å². The number of unbranched alkanes of at least 4 members (excludes halogenated alkanes) is 5. The normalized spacial score (nSPS) is 23.6. The van der Waals surface area contributed by atoms with Crippen LogP contribution < -0.4 is 4.74 Å². The Morgan fingerprint density at radius 3 is 1.94 bits per heavy atom. The molecular formula is C33H44O2.